The number of ether oxygens (including phenoxy) is 1. The summed E-state index contributed by atoms with van der Waals surface area (Å²) in [7, 11) is 0. The van der Waals surface area contributed by atoms with Gasteiger partial charge in [0.2, 0.25) is 0 Å². The first kappa shape index (κ1) is 18.1. The topological polar surface area (TPSA) is 24.5 Å². The zero-order chi connectivity index (χ0) is 18.5. The summed E-state index contributed by atoms with van der Waals surface area (Å²) in [6.07, 6.45) is 0. The molecule has 0 amide bonds. The molecule has 0 unspecified atom stereocenters. The summed E-state index contributed by atoms with van der Waals surface area (Å²) < 4.78 is 19.9. The molecule has 0 bridgehead atoms. The van der Waals surface area contributed by atoms with Crippen LogP contribution in [0.2, 0.25) is 0 Å². The number of nitrogens with zero attached hydrogens (tertiary/aromatic N) is 1. The fourth-order valence-electron chi connectivity index (χ4n) is 3.14. The first-order chi connectivity index (χ1) is 12.7. The van der Waals surface area contributed by atoms with Crippen LogP contribution in [0.15, 0.2) is 54.6 Å². The van der Waals surface area contributed by atoms with Gasteiger partial charge in [-0.2, -0.15) is 0 Å². The van der Waals surface area contributed by atoms with Crippen molar-refractivity contribution in [3.8, 4) is 11.5 Å². The van der Waals surface area contributed by atoms with Gasteiger partial charge in [0.1, 0.15) is 17.3 Å². The Kier molecular flexibility index (Phi) is 5.61. The molecule has 0 spiro atoms. The van der Waals surface area contributed by atoms with Crippen LogP contribution in [-0.2, 0) is 0 Å². The second kappa shape index (κ2) is 8.09. The second-order valence-electron chi connectivity index (χ2n) is 6.11. The van der Waals surface area contributed by atoms with Crippen LogP contribution in [0.5, 0.6) is 11.5 Å². The van der Waals surface area contributed by atoms with Crippen LogP contribution in [0.4, 0.5) is 15.8 Å². The Morgan fingerprint density at radius 2 is 1.77 bits per heavy atom. The van der Waals surface area contributed by atoms with Crippen LogP contribution in [0.1, 0.15) is 20.8 Å². The standard InChI is InChI=1S/C22H25FN2O/c1-4-24-21-15-18(11-13-20(21)23)26-22-9-7-8-16-14-17(10-12-19(16)22)25(5-2)6-3/h7-15,24H,4-6H2,1-3H3. The van der Waals surface area contributed by atoms with Gasteiger partial charge in [-0.05, 0) is 62.6 Å². The molecule has 4 heteroatoms. The third-order valence-corrected chi connectivity index (χ3v) is 4.49. The Balaban J connectivity index is 1.94. The zero-order valence-electron chi connectivity index (χ0n) is 15.6. The lowest BCUT2D eigenvalue weighted by atomic mass is 10.1. The van der Waals surface area contributed by atoms with Crippen molar-refractivity contribution in [3.63, 3.8) is 0 Å². The summed E-state index contributed by atoms with van der Waals surface area (Å²) in [6, 6.07) is 17.2. The molecule has 3 nitrogen and oxygen atoms in total. The molecular weight excluding hydrogens is 327 g/mol. The normalized spacial score (nSPS) is 10.8. The van der Waals surface area contributed by atoms with Gasteiger partial charge in [0.15, 0.2) is 0 Å². The van der Waals surface area contributed by atoms with E-state index in [4.69, 9.17) is 4.74 Å². The van der Waals surface area contributed by atoms with E-state index in [-0.39, 0.29) is 5.82 Å². The maximum Gasteiger partial charge on any atom is 0.146 e. The van der Waals surface area contributed by atoms with Gasteiger partial charge in [-0.25, -0.2) is 4.39 Å². The van der Waals surface area contributed by atoms with Crippen molar-refractivity contribution in [2.24, 2.45) is 0 Å². The highest BCUT2D eigenvalue weighted by Gasteiger charge is 2.09. The second-order valence-corrected chi connectivity index (χ2v) is 6.11. The van der Waals surface area contributed by atoms with Crippen molar-refractivity contribution < 1.29 is 9.13 Å². The van der Waals surface area contributed by atoms with E-state index in [1.54, 1.807) is 12.1 Å². The molecule has 0 fully saturated rings. The minimum Gasteiger partial charge on any atom is -0.457 e. The molecule has 1 N–H and O–H groups in total. The number of fused-ring (bicyclic) bond motifs is 1. The van der Waals surface area contributed by atoms with Crippen LogP contribution in [0.25, 0.3) is 10.8 Å². The summed E-state index contributed by atoms with van der Waals surface area (Å²) in [5.41, 5.74) is 1.66. The first-order valence-corrected chi connectivity index (χ1v) is 9.15. The maximum atomic E-state index is 13.8. The van der Waals surface area contributed by atoms with Crippen LogP contribution >= 0.6 is 0 Å². The van der Waals surface area contributed by atoms with Gasteiger partial charge in [-0.1, -0.05) is 12.1 Å². The van der Waals surface area contributed by atoms with Gasteiger partial charge < -0.3 is 15.0 Å². The molecule has 3 aromatic carbocycles. The summed E-state index contributed by atoms with van der Waals surface area (Å²) in [4.78, 5) is 2.32. The molecule has 0 aliphatic rings. The van der Waals surface area contributed by atoms with Gasteiger partial charge in [0.25, 0.3) is 0 Å². The lowest BCUT2D eigenvalue weighted by Gasteiger charge is -2.21. The van der Waals surface area contributed by atoms with Gasteiger partial charge in [0, 0.05) is 36.8 Å². The first-order valence-electron chi connectivity index (χ1n) is 9.15. The van der Waals surface area contributed by atoms with Crippen molar-refractivity contribution in [2.75, 3.05) is 29.9 Å². The summed E-state index contributed by atoms with van der Waals surface area (Å²) in [5, 5.41) is 5.18. The van der Waals surface area contributed by atoms with Gasteiger partial charge in [0.05, 0.1) is 5.69 Å². The molecule has 0 saturated carbocycles. The number of benzene rings is 3. The smallest absolute Gasteiger partial charge is 0.146 e. The summed E-state index contributed by atoms with van der Waals surface area (Å²) >= 11 is 0. The van der Waals surface area contributed by atoms with E-state index in [9.17, 15) is 4.39 Å². The van der Waals surface area contributed by atoms with Gasteiger partial charge in [-0.15, -0.1) is 0 Å². The molecule has 0 aliphatic carbocycles. The highest BCUT2D eigenvalue weighted by molar-refractivity contribution is 5.91. The van der Waals surface area contributed by atoms with Crippen LogP contribution in [0, 0.1) is 5.82 Å². The van der Waals surface area contributed by atoms with Crippen molar-refractivity contribution >= 4 is 22.1 Å². The minimum absolute atomic E-state index is 0.277. The molecule has 0 atom stereocenters. The monoisotopic (exact) mass is 352 g/mol. The predicted molar refractivity (Wildman–Crippen MR) is 108 cm³/mol. The van der Waals surface area contributed by atoms with E-state index in [1.807, 2.05) is 19.1 Å². The fourth-order valence-corrected chi connectivity index (χ4v) is 3.14. The summed E-state index contributed by atoms with van der Waals surface area (Å²) in [5.74, 6) is 1.10. The molecule has 3 rings (SSSR count). The lowest BCUT2D eigenvalue weighted by Crippen LogP contribution is -2.21. The number of hydrogen-bond acceptors (Lipinski definition) is 3. The molecule has 0 heterocycles. The third-order valence-electron chi connectivity index (χ3n) is 4.49. The molecule has 136 valence electrons. The SMILES string of the molecule is CCNc1cc(Oc2cccc3cc(N(CC)CC)ccc23)ccc1F. The third kappa shape index (κ3) is 3.74. The van der Waals surface area contributed by atoms with E-state index < -0.39 is 0 Å². The number of anilines is 2. The molecule has 26 heavy (non-hydrogen) atoms. The molecule has 3 aromatic rings. The summed E-state index contributed by atoms with van der Waals surface area (Å²) in [6.45, 7) is 8.85. The van der Waals surface area contributed by atoms with Crippen LogP contribution in [0.3, 0.4) is 0 Å². The fraction of sp³-hybridized carbons (Fsp3) is 0.273. The molecule has 0 aromatic heterocycles. The molecular formula is C22H25FN2O. The van der Waals surface area contributed by atoms with Crippen molar-refractivity contribution in [2.45, 2.75) is 20.8 Å². The molecule has 0 radical (unpaired) electrons. The Morgan fingerprint density at radius 3 is 2.50 bits per heavy atom. The zero-order valence-corrected chi connectivity index (χ0v) is 15.6. The van der Waals surface area contributed by atoms with E-state index in [2.05, 4.69) is 48.3 Å². The largest absolute Gasteiger partial charge is 0.457 e. The number of rotatable bonds is 7. The van der Waals surface area contributed by atoms with Crippen LogP contribution < -0.4 is 15.0 Å². The van der Waals surface area contributed by atoms with Gasteiger partial charge >= 0.3 is 0 Å². The number of nitrogens with one attached hydrogen (secondary N) is 1. The lowest BCUT2D eigenvalue weighted by molar-refractivity contribution is 0.486. The highest BCUT2D eigenvalue weighted by Crippen LogP contribution is 2.33. The molecule has 0 saturated heterocycles. The van der Waals surface area contributed by atoms with E-state index >= 15 is 0 Å². The van der Waals surface area contributed by atoms with E-state index in [0.717, 1.165) is 29.6 Å². The maximum absolute atomic E-state index is 13.8. The Labute approximate surface area is 154 Å². The minimum atomic E-state index is -0.277. The average molecular weight is 352 g/mol. The van der Waals surface area contributed by atoms with E-state index in [0.29, 0.717) is 18.0 Å². The Bertz CT molecular complexity index is 890. The van der Waals surface area contributed by atoms with E-state index in [1.165, 1.54) is 11.8 Å². The van der Waals surface area contributed by atoms with Crippen molar-refractivity contribution in [1.29, 1.82) is 0 Å². The average Bonchev–Trinajstić information content (AvgIpc) is 2.66. The predicted octanol–water partition coefficient (Wildman–Crippen LogP) is 6.05. The Morgan fingerprint density at radius 1 is 0.962 bits per heavy atom. The quantitative estimate of drug-likeness (QED) is 0.560. The highest BCUT2D eigenvalue weighted by atomic mass is 19.1. The Hall–Kier alpha value is -2.75. The number of halogens is 1. The van der Waals surface area contributed by atoms with Crippen molar-refractivity contribution in [3.05, 3.63) is 60.4 Å². The number of hydrogen-bond donors (Lipinski definition) is 1. The van der Waals surface area contributed by atoms with Crippen molar-refractivity contribution in [1.82, 2.24) is 0 Å². The van der Waals surface area contributed by atoms with Gasteiger partial charge in [-0.3, -0.25) is 0 Å². The van der Waals surface area contributed by atoms with Crippen LogP contribution in [-0.4, -0.2) is 19.6 Å². The molecule has 0 aliphatic heterocycles.